The fourth-order valence-electron chi connectivity index (χ4n) is 7.65. The Hall–Kier alpha value is -5.58. The lowest BCUT2D eigenvalue weighted by Gasteiger charge is -2.35. The van der Waals surface area contributed by atoms with Crippen molar-refractivity contribution in [3.63, 3.8) is 0 Å². The van der Waals surface area contributed by atoms with E-state index in [-0.39, 0.29) is 37.3 Å². The van der Waals surface area contributed by atoms with E-state index >= 15 is 0 Å². The minimum atomic E-state index is -3.94. The Kier molecular flexibility index (Phi) is 11.7. The molecule has 5 atom stereocenters. The van der Waals surface area contributed by atoms with E-state index in [1.54, 1.807) is 26.8 Å². The van der Waals surface area contributed by atoms with Gasteiger partial charge in [0.2, 0.25) is 33.7 Å². The lowest BCUT2D eigenvalue weighted by atomic mass is 9.85. The number of hydrogen-bond donors (Lipinski definition) is 4. The molecule has 4 aliphatic rings. The third-order valence-electron chi connectivity index (χ3n) is 11.2. The molecule has 1 aromatic heterocycles. The Labute approximate surface area is 343 Å². The second-order valence-corrected chi connectivity index (χ2v) is 18.8. The number of carbonyl (C=O) groups excluding carboxylic acids is 4. The van der Waals surface area contributed by atoms with Crippen LogP contribution >= 0.6 is 0 Å². The van der Waals surface area contributed by atoms with Crippen LogP contribution in [0.3, 0.4) is 0 Å². The van der Waals surface area contributed by atoms with Crippen LogP contribution in [-0.4, -0.2) is 88.7 Å². The molecule has 7 rings (SSSR count). The molecule has 0 bridgehead atoms. The first-order chi connectivity index (χ1) is 28.0. The van der Waals surface area contributed by atoms with Gasteiger partial charge in [0, 0.05) is 29.7 Å². The van der Waals surface area contributed by atoms with Gasteiger partial charge in [-0.1, -0.05) is 57.2 Å². The normalized spacial score (nSPS) is 23.5. The van der Waals surface area contributed by atoms with E-state index in [1.807, 2.05) is 30.3 Å². The molecule has 0 unspecified atom stereocenters. The molecule has 314 valence electrons. The molecule has 3 aromatic rings. The number of ether oxygens (including phenoxy) is 2. The van der Waals surface area contributed by atoms with Crippen molar-refractivity contribution in [2.24, 2.45) is 11.3 Å². The van der Waals surface area contributed by atoms with Crippen molar-refractivity contribution in [1.29, 1.82) is 0 Å². The number of hydrogen-bond acceptors (Lipinski definition) is 11. The summed E-state index contributed by atoms with van der Waals surface area (Å²) in [6.07, 6.45) is 3.93. The number of carbonyl (C=O) groups is 4. The number of halogens is 1. The summed E-state index contributed by atoms with van der Waals surface area (Å²) in [5, 5.41) is 7.96. The van der Waals surface area contributed by atoms with Crippen molar-refractivity contribution in [2.75, 3.05) is 11.9 Å². The summed E-state index contributed by atoms with van der Waals surface area (Å²) in [6, 6.07) is 14.2. The maximum absolute atomic E-state index is 14.7. The van der Waals surface area contributed by atoms with E-state index in [0.717, 1.165) is 31.2 Å². The van der Waals surface area contributed by atoms with Crippen molar-refractivity contribution in [3.8, 4) is 17.1 Å². The Balaban J connectivity index is 1.18. The molecule has 59 heavy (non-hydrogen) atoms. The highest BCUT2D eigenvalue weighted by atomic mass is 32.2. The first kappa shape index (κ1) is 41.6. The monoisotopic (exact) mass is 831 g/mol. The van der Waals surface area contributed by atoms with Gasteiger partial charge in [-0.3, -0.25) is 19.1 Å². The van der Waals surface area contributed by atoms with E-state index in [0.29, 0.717) is 24.2 Å². The number of aromatic nitrogens is 2. The van der Waals surface area contributed by atoms with Crippen molar-refractivity contribution in [1.82, 2.24) is 30.2 Å². The highest BCUT2D eigenvalue weighted by Gasteiger charge is 2.62. The van der Waals surface area contributed by atoms with Gasteiger partial charge >= 0.3 is 6.09 Å². The lowest BCUT2D eigenvalue weighted by molar-refractivity contribution is -0.143. The van der Waals surface area contributed by atoms with Crippen LogP contribution in [0.5, 0.6) is 5.88 Å². The zero-order valence-electron chi connectivity index (χ0n) is 33.3. The van der Waals surface area contributed by atoms with Gasteiger partial charge in [0.1, 0.15) is 35.6 Å². The second-order valence-electron chi connectivity index (χ2n) is 16.8. The van der Waals surface area contributed by atoms with Gasteiger partial charge < -0.3 is 30.3 Å². The van der Waals surface area contributed by atoms with Crippen molar-refractivity contribution >= 4 is 45.5 Å². The number of benzene rings is 2. The topological polar surface area (TPSA) is 198 Å². The van der Waals surface area contributed by atoms with Crippen LogP contribution in [0.25, 0.3) is 11.3 Å². The van der Waals surface area contributed by atoms with Crippen LogP contribution in [0.15, 0.2) is 73.3 Å². The van der Waals surface area contributed by atoms with Crippen LogP contribution in [-0.2, 0) is 29.1 Å². The average molecular weight is 832 g/mol. The standard InChI is InChI=1S/C42H50FN7O8S/c1-5-26-23-42(26,38(53)49-59(55,56)31-19-20-31)48-36(51)33-21-30(24-50(33)37(52)35(41(2,3)4)47-40(54)58-29-13-9-10-14-29)57-34-22-32(25-11-7-6-8-12-25)45-39(46-34)44-28-17-15-27(43)16-18-28/h5-8,11-12,15-18,22,26,29-31,33,35H,1,9-10,13-14,19-21,23-24H2,2-4H3,(H,47,54)(H,48,51)(H,49,53)(H,44,45,46)/t26-,30-,33+,35-,42-/m1/s1. The fourth-order valence-corrected chi connectivity index (χ4v) is 9.01. The van der Waals surface area contributed by atoms with Crippen LogP contribution < -0.4 is 25.4 Å². The van der Waals surface area contributed by atoms with Gasteiger partial charge in [0.15, 0.2) is 0 Å². The Bertz CT molecular complexity index is 2190. The van der Waals surface area contributed by atoms with E-state index in [9.17, 15) is 32.0 Å². The molecule has 4 fully saturated rings. The van der Waals surface area contributed by atoms with Gasteiger partial charge in [0.05, 0.1) is 17.5 Å². The summed E-state index contributed by atoms with van der Waals surface area (Å²) in [7, 11) is -3.94. The molecule has 1 aliphatic heterocycles. The SMILES string of the molecule is C=C[C@@H]1C[C@]1(NC(=O)[C@@H]1C[C@@H](Oc2cc(-c3ccccc3)nc(Nc3ccc(F)cc3)n2)CN1C(=O)[C@@H](NC(=O)OC1CCCC1)C(C)(C)C)C(=O)NS(=O)(=O)C1CC1. The molecule has 4 amide bonds. The highest BCUT2D eigenvalue weighted by molar-refractivity contribution is 7.91. The van der Waals surface area contributed by atoms with Crippen LogP contribution in [0, 0.1) is 17.2 Å². The highest BCUT2D eigenvalue weighted by Crippen LogP contribution is 2.45. The fraction of sp³-hybridized carbons (Fsp3) is 0.476. The van der Waals surface area contributed by atoms with Gasteiger partial charge in [-0.25, -0.2) is 22.6 Å². The zero-order chi connectivity index (χ0) is 42.1. The Morgan fingerprint density at radius 2 is 1.68 bits per heavy atom. The van der Waals surface area contributed by atoms with Gasteiger partial charge in [-0.05, 0) is 74.6 Å². The van der Waals surface area contributed by atoms with Crippen molar-refractivity contribution in [3.05, 3.63) is 79.1 Å². The second kappa shape index (κ2) is 16.6. The molecule has 17 heteroatoms. The lowest BCUT2D eigenvalue weighted by Crippen LogP contribution is -2.60. The molecule has 0 spiro atoms. The van der Waals surface area contributed by atoms with Gasteiger partial charge in [-0.2, -0.15) is 4.98 Å². The van der Waals surface area contributed by atoms with Crippen LogP contribution in [0.2, 0.25) is 0 Å². The third-order valence-corrected chi connectivity index (χ3v) is 13.0. The maximum Gasteiger partial charge on any atom is 0.408 e. The summed E-state index contributed by atoms with van der Waals surface area (Å²) in [6.45, 7) is 9.01. The molecule has 0 radical (unpaired) electrons. The number of nitrogens with one attached hydrogen (secondary N) is 4. The maximum atomic E-state index is 14.7. The van der Waals surface area contributed by atoms with Crippen molar-refractivity contribution in [2.45, 2.75) is 107 Å². The van der Waals surface area contributed by atoms with Gasteiger partial charge in [0.25, 0.3) is 5.91 Å². The van der Waals surface area contributed by atoms with Gasteiger partial charge in [-0.15, -0.1) is 6.58 Å². The number of nitrogens with zero attached hydrogens (tertiary/aromatic N) is 3. The van der Waals surface area contributed by atoms with Crippen LogP contribution in [0.1, 0.15) is 72.1 Å². The number of amides is 4. The van der Waals surface area contributed by atoms with Crippen molar-refractivity contribution < 1.29 is 41.5 Å². The predicted octanol–water partition coefficient (Wildman–Crippen LogP) is 5.13. The molecular weight excluding hydrogens is 782 g/mol. The minimum absolute atomic E-state index is 0.0524. The predicted molar refractivity (Wildman–Crippen MR) is 216 cm³/mol. The smallest absolute Gasteiger partial charge is 0.408 e. The first-order valence-corrected chi connectivity index (χ1v) is 21.5. The van der Waals surface area contributed by atoms with E-state index in [1.165, 1.54) is 35.2 Å². The largest absolute Gasteiger partial charge is 0.472 e. The molecular formula is C42H50FN7O8S. The molecule has 15 nitrogen and oxygen atoms in total. The Morgan fingerprint density at radius 1 is 0.983 bits per heavy atom. The number of rotatable bonds is 14. The third kappa shape index (κ3) is 9.67. The summed E-state index contributed by atoms with van der Waals surface area (Å²) >= 11 is 0. The summed E-state index contributed by atoms with van der Waals surface area (Å²) in [5.74, 6) is -2.87. The zero-order valence-corrected chi connectivity index (χ0v) is 34.1. The number of alkyl carbamates (subject to hydrolysis) is 1. The summed E-state index contributed by atoms with van der Waals surface area (Å²) in [5.41, 5.74) is -0.674. The Morgan fingerprint density at radius 3 is 2.31 bits per heavy atom. The summed E-state index contributed by atoms with van der Waals surface area (Å²) < 4.78 is 53.5. The molecule has 3 aliphatic carbocycles. The summed E-state index contributed by atoms with van der Waals surface area (Å²) in [4.78, 5) is 66.4. The first-order valence-electron chi connectivity index (χ1n) is 20.0. The molecule has 4 N–H and O–H groups in total. The average Bonchev–Trinajstić information content (AvgIpc) is 4.08. The molecule has 2 aromatic carbocycles. The molecule has 2 heterocycles. The van der Waals surface area contributed by atoms with E-state index < -0.39 is 80.0 Å². The number of likely N-dealkylation sites (tertiary alicyclic amines) is 1. The minimum Gasteiger partial charge on any atom is -0.472 e. The number of anilines is 2. The quantitative estimate of drug-likeness (QED) is 0.157. The molecule has 1 saturated heterocycles. The van der Waals surface area contributed by atoms with E-state index in [4.69, 9.17) is 9.47 Å². The van der Waals surface area contributed by atoms with E-state index in [2.05, 4.69) is 37.2 Å². The van der Waals surface area contributed by atoms with Crippen LogP contribution in [0.4, 0.5) is 20.8 Å². The number of sulfonamides is 1. The molecule has 3 saturated carbocycles.